The van der Waals surface area contributed by atoms with Gasteiger partial charge in [-0.1, -0.05) is 19.4 Å². The van der Waals surface area contributed by atoms with Crippen molar-refractivity contribution < 1.29 is 14.6 Å². The van der Waals surface area contributed by atoms with E-state index in [1.807, 2.05) is 54.2 Å². The Bertz CT molecular complexity index is 918. The van der Waals surface area contributed by atoms with E-state index in [1.54, 1.807) is 12.1 Å². The molecule has 6 heteroatoms. The molecule has 3 aromatic rings. The van der Waals surface area contributed by atoms with E-state index in [0.29, 0.717) is 12.3 Å². The smallest absolute Gasteiger partial charge is 0.319 e. The van der Waals surface area contributed by atoms with Gasteiger partial charge in [-0.15, -0.1) is 0 Å². The number of benzene rings is 2. The fourth-order valence-electron chi connectivity index (χ4n) is 2.96. The van der Waals surface area contributed by atoms with E-state index in [0.717, 1.165) is 35.1 Å². The van der Waals surface area contributed by atoms with Gasteiger partial charge in [0.15, 0.2) is 0 Å². The van der Waals surface area contributed by atoms with Crippen LogP contribution in [0.4, 0.5) is 10.5 Å². The topological polar surface area (TPSA) is 75.5 Å². The number of aryl methyl sites for hydroxylation is 1. The van der Waals surface area contributed by atoms with E-state index in [4.69, 9.17) is 4.74 Å². The van der Waals surface area contributed by atoms with E-state index in [2.05, 4.69) is 17.6 Å². The average molecular weight is 381 g/mol. The summed E-state index contributed by atoms with van der Waals surface area (Å²) in [7, 11) is 1.98. The molecule has 2 aromatic carbocycles. The summed E-state index contributed by atoms with van der Waals surface area (Å²) in [4.78, 5) is 12.1. The Morgan fingerprint density at radius 2 is 1.96 bits per heavy atom. The van der Waals surface area contributed by atoms with Crippen LogP contribution in [0.1, 0.15) is 31.4 Å². The third kappa shape index (κ3) is 5.04. The zero-order valence-electron chi connectivity index (χ0n) is 16.3. The lowest BCUT2D eigenvalue weighted by molar-refractivity contribution is 0.175. The lowest BCUT2D eigenvalue weighted by atomic mass is 10.1. The van der Waals surface area contributed by atoms with Crippen molar-refractivity contribution >= 4 is 22.6 Å². The Morgan fingerprint density at radius 1 is 1.18 bits per heavy atom. The predicted molar refractivity (Wildman–Crippen MR) is 112 cm³/mol. The van der Waals surface area contributed by atoms with Crippen LogP contribution in [0.15, 0.2) is 54.7 Å². The number of hydrogen-bond donors (Lipinski definition) is 3. The Kier molecular flexibility index (Phi) is 6.55. The van der Waals surface area contributed by atoms with Crippen molar-refractivity contribution in [2.24, 2.45) is 7.05 Å². The van der Waals surface area contributed by atoms with Gasteiger partial charge in [-0.05, 0) is 59.8 Å². The summed E-state index contributed by atoms with van der Waals surface area (Å²) < 4.78 is 7.63. The molecular formula is C22H27N3O3. The van der Waals surface area contributed by atoms with Gasteiger partial charge < -0.3 is 25.0 Å². The van der Waals surface area contributed by atoms with Gasteiger partial charge in [0, 0.05) is 31.0 Å². The highest BCUT2D eigenvalue weighted by Gasteiger charge is 2.11. The number of aliphatic hydroxyl groups excluding tert-OH is 1. The predicted octanol–water partition coefficient (Wildman–Crippen LogP) is 4.21. The molecule has 1 heterocycles. The van der Waals surface area contributed by atoms with Gasteiger partial charge in [0.1, 0.15) is 5.75 Å². The number of carbonyl (C=O) groups is 1. The maximum absolute atomic E-state index is 12.1. The van der Waals surface area contributed by atoms with E-state index in [9.17, 15) is 9.90 Å². The molecule has 0 aliphatic rings. The van der Waals surface area contributed by atoms with Gasteiger partial charge in [0.05, 0.1) is 12.7 Å². The second-order valence-electron chi connectivity index (χ2n) is 6.82. The number of hydrogen-bond acceptors (Lipinski definition) is 3. The molecule has 0 saturated heterocycles. The lowest BCUT2D eigenvalue weighted by Crippen LogP contribution is -2.32. The van der Waals surface area contributed by atoms with Gasteiger partial charge >= 0.3 is 6.03 Å². The first-order valence-electron chi connectivity index (χ1n) is 9.57. The quantitative estimate of drug-likeness (QED) is 0.512. The third-order valence-electron chi connectivity index (χ3n) is 4.63. The Hall–Kier alpha value is -2.99. The monoisotopic (exact) mass is 381 g/mol. The molecule has 1 atom stereocenters. The number of carbonyl (C=O) groups excluding carboxylic acids is 1. The highest BCUT2D eigenvalue weighted by molar-refractivity contribution is 5.89. The minimum atomic E-state index is -0.773. The summed E-state index contributed by atoms with van der Waals surface area (Å²) in [5.41, 5.74) is 2.54. The van der Waals surface area contributed by atoms with Crippen LogP contribution in [0, 0.1) is 0 Å². The zero-order valence-corrected chi connectivity index (χ0v) is 16.3. The van der Waals surface area contributed by atoms with Crippen LogP contribution in [0.25, 0.3) is 10.9 Å². The maximum atomic E-state index is 12.1. The Labute approximate surface area is 165 Å². The number of fused-ring (bicyclic) bond motifs is 1. The van der Waals surface area contributed by atoms with Crippen molar-refractivity contribution in [3.05, 3.63) is 60.3 Å². The SMILES string of the molecule is CCCCOc1ccc(NC(=O)NCC(O)c2ccc3c(ccn3C)c2)cc1. The highest BCUT2D eigenvalue weighted by Crippen LogP contribution is 2.21. The maximum Gasteiger partial charge on any atom is 0.319 e. The molecule has 0 saturated carbocycles. The van der Waals surface area contributed by atoms with Gasteiger partial charge in [0.25, 0.3) is 0 Å². The normalized spacial score (nSPS) is 12.0. The Balaban J connectivity index is 1.49. The fourth-order valence-corrected chi connectivity index (χ4v) is 2.96. The molecule has 0 aliphatic heterocycles. The van der Waals surface area contributed by atoms with Gasteiger partial charge in [0.2, 0.25) is 0 Å². The van der Waals surface area contributed by atoms with Gasteiger partial charge in [-0.25, -0.2) is 4.79 Å². The number of anilines is 1. The van der Waals surface area contributed by atoms with Crippen molar-refractivity contribution in [3.8, 4) is 5.75 Å². The molecule has 6 nitrogen and oxygen atoms in total. The number of nitrogens with zero attached hydrogens (tertiary/aromatic N) is 1. The largest absolute Gasteiger partial charge is 0.494 e. The minimum Gasteiger partial charge on any atom is -0.494 e. The number of unbranched alkanes of at least 4 members (excludes halogenated alkanes) is 1. The van der Waals surface area contributed by atoms with E-state index in [1.165, 1.54) is 0 Å². The van der Waals surface area contributed by atoms with E-state index >= 15 is 0 Å². The zero-order chi connectivity index (χ0) is 19.9. The molecule has 1 aromatic heterocycles. The van der Waals surface area contributed by atoms with Crippen LogP contribution in [0.3, 0.4) is 0 Å². The first-order valence-corrected chi connectivity index (χ1v) is 9.57. The van der Waals surface area contributed by atoms with Gasteiger partial charge in [-0.3, -0.25) is 0 Å². The number of amides is 2. The lowest BCUT2D eigenvalue weighted by Gasteiger charge is -2.14. The third-order valence-corrected chi connectivity index (χ3v) is 4.63. The van der Waals surface area contributed by atoms with Crippen molar-refractivity contribution in [3.63, 3.8) is 0 Å². The highest BCUT2D eigenvalue weighted by atomic mass is 16.5. The summed E-state index contributed by atoms with van der Waals surface area (Å²) in [5, 5.41) is 16.9. The molecular weight excluding hydrogens is 354 g/mol. The number of aliphatic hydroxyl groups is 1. The second kappa shape index (κ2) is 9.28. The van der Waals surface area contributed by atoms with Crippen molar-refractivity contribution in [1.82, 2.24) is 9.88 Å². The van der Waals surface area contributed by atoms with Gasteiger partial charge in [-0.2, -0.15) is 0 Å². The summed E-state index contributed by atoms with van der Waals surface area (Å²) in [6, 6.07) is 14.7. The molecule has 3 N–H and O–H groups in total. The first-order chi connectivity index (χ1) is 13.6. The summed E-state index contributed by atoms with van der Waals surface area (Å²) in [6.45, 7) is 2.94. The van der Waals surface area contributed by atoms with Crippen molar-refractivity contribution in [1.29, 1.82) is 0 Å². The molecule has 0 radical (unpaired) electrons. The molecule has 0 bridgehead atoms. The molecule has 148 valence electrons. The second-order valence-corrected chi connectivity index (χ2v) is 6.82. The van der Waals surface area contributed by atoms with E-state index in [-0.39, 0.29) is 12.6 Å². The molecule has 2 amide bonds. The number of ether oxygens (including phenoxy) is 1. The first kappa shape index (κ1) is 19.8. The molecule has 0 aliphatic carbocycles. The van der Waals surface area contributed by atoms with Crippen LogP contribution in [0.5, 0.6) is 5.75 Å². The standard InChI is InChI=1S/C22H27N3O3/c1-3-4-13-28-19-8-6-18(7-9-19)24-22(27)23-15-21(26)17-5-10-20-16(14-17)11-12-25(20)2/h5-12,14,21,26H,3-4,13,15H2,1-2H3,(H2,23,24,27). The van der Waals surface area contributed by atoms with Crippen molar-refractivity contribution in [2.75, 3.05) is 18.5 Å². The van der Waals surface area contributed by atoms with Crippen LogP contribution in [0.2, 0.25) is 0 Å². The number of urea groups is 1. The summed E-state index contributed by atoms with van der Waals surface area (Å²) >= 11 is 0. The van der Waals surface area contributed by atoms with Crippen LogP contribution in [-0.2, 0) is 7.05 Å². The number of aromatic nitrogens is 1. The average Bonchev–Trinajstić information content (AvgIpc) is 3.08. The number of rotatable bonds is 8. The molecule has 1 unspecified atom stereocenters. The van der Waals surface area contributed by atoms with E-state index < -0.39 is 6.10 Å². The number of nitrogens with one attached hydrogen (secondary N) is 2. The summed E-state index contributed by atoms with van der Waals surface area (Å²) in [5.74, 6) is 0.783. The molecule has 0 spiro atoms. The van der Waals surface area contributed by atoms with Crippen LogP contribution >= 0.6 is 0 Å². The van der Waals surface area contributed by atoms with Crippen LogP contribution < -0.4 is 15.4 Å². The van der Waals surface area contributed by atoms with Crippen LogP contribution in [-0.4, -0.2) is 28.9 Å². The Morgan fingerprint density at radius 3 is 2.71 bits per heavy atom. The molecule has 0 fully saturated rings. The van der Waals surface area contributed by atoms with Crippen molar-refractivity contribution in [2.45, 2.75) is 25.9 Å². The summed E-state index contributed by atoms with van der Waals surface area (Å²) in [6.07, 6.45) is 3.31. The minimum absolute atomic E-state index is 0.127. The molecule has 3 rings (SSSR count). The molecule has 28 heavy (non-hydrogen) atoms. The fraction of sp³-hybridized carbons (Fsp3) is 0.318.